The maximum Gasteiger partial charge on any atom is 0.123 e. The van der Waals surface area contributed by atoms with Gasteiger partial charge in [0.15, 0.2) is 0 Å². The fraction of sp³-hybridized carbons (Fsp3) is 0.250. The van der Waals surface area contributed by atoms with Crippen LogP contribution in [0, 0.1) is 6.92 Å². The molecular weight excluding hydrogens is 352 g/mol. The summed E-state index contributed by atoms with van der Waals surface area (Å²) < 4.78 is 11.4. The Bertz CT molecular complexity index is 850. The van der Waals surface area contributed by atoms with Gasteiger partial charge in [-0.05, 0) is 41.8 Å². The lowest BCUT2D eigenvalue weighted by atomic mass is 9.99. The van der Waals surface area contributed by atoms with Crippen LogP contribution >= 0.6 is 0 Å². The van der Waals surface area contributed by atoms with Gasteiger partial charge in [0.1, 0.15) is 23.9 Å². The summed E-state index contributed by atoms with van der Waals surface area (Å²) in [5.74, 6) is 1.68. The zero-order valence-electron chi connectivity index (χ0n) is 16.1. The summed E-state index contributed by atoms with van der Waals surface area (Å²) in [4.78, 5) is 0. The highest BCUT2D eigenvalue weighted by Crippen LogP contribution is 2.30. The summed E-state index contributed by atoms with van der Waals surface area (Å²) in [6.07, 6.45) is 1.25. The van der Waals surface area contributed by atoms with Crippen LogP contribution in [0.2, 0.25) is 0 Å². The molecule has 2 N–H and O–H groups in total. The summed E-state index contributed by atoms with van der Waals surface area (Å²) in [5, 5.41) is 19.3. The lowest BCUT2D eigenvalue weighted by molar-refractivity contribution is 0.233. The van der Waals surface area contributed by atoms with Crippen molar-refractivity contribution in [1.29, 1.82) is 0 Å². The van der Waals surface area contributed by atoms with Crippen molar-refractivity contribution in [1.82, 2.24) is 0 Å². The van der Waals surface area contributed by atoms with Gasteiger partial charge >= 0.3 is 0 Å². The van der Waals surface area contributed by atoms with E-state index < -0.39 is 0 Å². The number of ether oxygens (including phenoxy) is 2. The van der Waals surface area contributed by atoms with E-state index >= 15 is 0 Å². The zero-order valence-corrected chi connectivity index (χ0v) is 16.1. The molecular formula is C24H26O4. The summed E-state index contributed by atoms with van der Waals surface area (Å²) in [7, 11) is 0. The highest BCUT2D eigenvalue weighted by Gasteiger charge is 2.10. The van der Waals surface area contributed by atoms with Gasteiger partial charge in [-0.2, -0.15) is 0 Å². The zero-order chi connectivity index (χ0) is 19.8. The number of aryl methyl sites for hydroxylation is 1. The molecule has 0 fully saturated rings. The first kappa shape index (κ1) is 19.8. The number of phenols is 1. The highest BCUT2D eigenvalue weighted by molar-refractivity contribution is 5.48. The van der Waals surface area contributed by atoms with Crippen LogP contribution in [-0.4, -0.2) is 23.4 Å². The van der Waals surface area contributed by atoms with E-state index in [0.717, 1.165) is 28.0 Å². The number of hydrogen-bond donors (Lipinski definition) is 2. The van der Waals surface area contributed by atoms with Gasteiger partial charge in [-0.25, -0.2) is 0 Å². The second kappa shape index (κ2) is 9.81. The lowest BCUT2D eigenvalue weighted by Crippen LogP contribution is -2.00. The summed E-state index contributed by atoms with van der Waals surface area (Å²) in [6.45, 7) is 3.08. The maximum absolute atomic E-state index is 10.5. The molecule has 28 heavy (non-hydrogen) atoms. The Kier molecular flexibility index (Phi) is 6.93. The number of hydrogen-bond acceptors (Lipinski definition) is 4. The average molecular weight is 378 g/mol. The first-order chi connectivity index (χ1) is 13.7. The fourth-order valence-electron chi connectivity index (χ4n) is 2.98. The monoisotopic (exact) mass is 378 g/mol. The molecule has 0 heterocycles. The Morgan fingerprint density at radius 2 is 1.57 bits per heavy atom. The molecule has 0 spiro atoms. The molecule has 3 aromatic carbocycles. The van der Waals surface area contributed by atoms with Gasteiger partial charge in [-0.15, -0.1) is 0 Å². The molecule has 0 amide bonds. The maximum atomic E-state index is 10.5. The van der Waals surface area contributed by atoms with E-state index in [0.29, 0.717) is 31.8 Å². The van der Waals surface area contributed by atoms with Gasteiger partial charge in [-0.3, -0.25) is 0 Å². The van der Waals surface area contributed by atoms with Crippen molar-refractivity contribution in [3.63, 3.8) is 0 Å². The Balaban J connectivity index is 1.64. The van der Waals surface area contributed by atoms with Crippen LogP contribution in [0.25, 0.3) is 0 Å². The van der Waals surface area contributed by atoms with Gasteiger partial charge < -0.3 is 19.7 Å². The van der Waals surface area contributed by atoms with Crippen molar-refractivity contribution < 1.29 is 19.7 Å². The molecule has 0 aromatic heterocycles. The molecule has 0 aliphatic heterocycles. The summed E-state index contributed by atoms with van der Waals surface area (Å²) >= 11 is 0. The minimum atomic E-state index is 0.127. The Hall–Kier alpha value is -2.98. The molecule has 4 heteroatoms. The Morgan fingerprint density at radius 3 is 2.25 bits per heavy atom. The molecule has 0 radical (unpaired) electrons. The standard InChI is InChI=1S/C24H26O4/c1-18-14-22(28-17-20-6-3-2-4-7-20)16-24(26)23(18)15-19-8-10-21(11-9-19)27-13-5-12-25/h2-4,6-11,14,16,25-26H,5,12-13,15,17H2,1H3. The first-order valence-electron chi connectivity index (χ1n) is 9.47. The summed E-state index contributed by atoms with van der Waals surface area (Å²) in [5.41, 5.74) is 4.06. The van der Waals surface area contributed by atoms with Crippen molar-refractivity contribution in [2.45, 2.75) is 26.4 Å². The van der Waals surface area contributed by atoms with Crippen molar-refractivity contribution >= 4 is 0 Å². The van der Waals surface area contributed by atoms with Crippen LogP contribution in [0.3, 0.4) is 0 Å². The van der Waals surface area contributed by atoms with E-state index in [-0.39, 0.29) is 12.4 Å². The van der Waals surface area contributed by atoms with E-state index in [9.17, 15) is 5.11 Å². The molecule has 3 rings (SSSR count). The quantitative estimate of drug-likeness (QED) is 0.533. The van der Waals surface area contributed by atoms with E-state index in [2.05, 4.69) is 0 Å². The molecule has 146 valence electrons. The molecule has 4 nitrogen and oxygen atoms in total. The summed E-state index contributed by atoms with van der Waals surface area (Å²) in [6, 6.07) is 21.4. The SMILES string of the molecule is Cc1cc(OCc2ccccc2)cc(O)c1Cc1ccc(OCCCO)cc1. The number of benzene rings is 3. The smallest absolute Gasteiger partial charge is 0.123 e. The largest absolute Gasteiger partial charge is 0.508 e. The molecule has 0 atom stereocenters. The van der Waals surface area contributed by atoms with Crippen LogP contribution in [0.1, 0.15) is 28.7 Å². The van der Waals surface area contributed by atoms with Crippen LogP contribution in [0.4, 0.5) is 0 Å². The third-order valence-electron chi connectivity index (χ3n) is 4.55. The number of aliphatic hydroxyl groups is 1. The van der Waals surface area contributed by atoms with Crippen LogP contribution in [-0.2, 0) is 13.0 Å². The van der Waals surface area contributed by atoms with Crippen LogP contribution < -0.4 is 9.47 Å². The van der Waals surface area contributed by atoms with Gasteiger partial charge in [0, 0.05) is 31.1 Å². The van der Waals surface area contributed by atoms with Crippen molar-refractivity contribution in [3.05, 3.63) is 89.0 Å². The molecule has 0 unspecified atom stereocenters. The van der Waals surface area contributed by atoms with Gasteiger partial charge in [0.25, 0.3) is 0 Å². The second-order valence-corrected chi connectivity index (χ2v) is 6.76. The van der Waals surface area contributed by atoms with Crippen LogP contribution in [0.5, 0.6) is 17.2 Å². The topological polar surface area (TPSA) is 58.9 Å². The molecule has 0 aliphatic carbocycles. The second-order valence-electron chi connectivity index (χ2n) is 6.76. The normalized spacial score (nSPS) is 10.6. The third-order valence-corrected chi connectivity index (χ3v) is 4.55. The van der Waals surface area contributed by atoms with Crippen molar-refractivity contribution in [2.24, 2.45) is 0 Å². The van der Waals surface area contributed by atoms with E-state index in [4.69, 9.17) is 14.6 Å². The predicted octanol–water partition coefficient (Wildman–Crippen LogP) is 4.63. The molecule has 3 aromatic rings. The number of aliphatic hydroxyl groups excluding tert-OH is 1. The van der Waals surface area contributed by atoms with E-state index in [1.54, 1.807) is 6.07 Å². The number of phenolic OH excluding ortho intramolecular Hbond substituents is 1. The number of rotatable bonds is 9. The number of aromatic hydroxyl groups is 1. The Morgan fingerprint density at radius 1 is 0.821 bits per heavy atom. The minimum Gasteiger partial charge on any atom is -0.508 e. The fourth-order valence-corrected chi connectivity index (χ4v) is 2.98. The molecule has 0 saturated heterocycles. The molecule has 0 saturated carbocycles. The van der Waals surface area contributed by atoms with E-state index in [1.165, 1.54) is 0 Å². The molecule has 0 aliphatic rings. The average Bonchev–Trinajstić information content (AvgIpc) is 2.71. The van der Waals surface area contributed by atoms with Gasteiger partial charge in [0.05, 0.1) is 6.61 Å². The minimum absolute atomic E-state index is 0.127. The van der Waals surface area contributed by atoms with Gasteiger partial charge in [-0.1, -0.05) is 42.5 Å². The predicted molar refractivity (Wildman–Crippen MR) is 110 cm³/mol. The lowest BCUT2D eigenvalue weighted by Gasteiger charge is -2.13. The van der Waals surface area contributed by atoms with Crippen molar-refractivity contribution in [2.75, 3.05) is 13.2 Å². The van der Waals surface area contributed by atoms with E-state index in [1.807, 2.05) is 67.6 Å². The molecule has 0 bridgehead atoms. The van der Waals surface area contributed by atoms with Gasteiger partial charge in [0.2, 0.25) is 0 Å². The van der Waals surface area contributed by atoms with Crippen molar-refractivity contribution in [3.8, 4) is 17.2 Å². The first-order valence-corrected chi connectivity index (χ1v) is 9.47. The van der Waals surface area contributed by atoms with Crippen LogP contribution in [0.15, 0.2) is 66.7 Å². The Labute approximate surface area is 166 Å². The third kappa shape index (κ3) is 5.51. The highest BCUT2D eigenvalue weighted by atomic mass is 16.5.